The number of rotatable bonds is 3. The third-order valence-electron chi connectivity index (χ3n) is 5.97. The minimum atomic E-state index is 0.497. The van der Waals surface area contributed by atoms with E-state index >= 15 is 0 Å². The first-order valence-electron chi connectivity index (χ1n) is 8.99. The van der Waals surface area contributed by atoms with Gasteiger partial charge in [-0.25, -0.2) is 0 Å². The van der Waals surface area contributed by atoms with Gasteiger partial charge < -0.3 is 5.73 Å². The summed E-state index contributed by atoms with van der Waals surface area (Å²) in [4.78, 5) is 2.52. The van der Waals surface area contributed by atoms with Gasteiger partial charge in [0.05, 0.1) is 0 Å². The fourth-order valence-electron chi connectivity index (χ4n) is 4.79. The second-order valence-corrected chi connectivity index (χ2v) is 8.38. The van der Waals surface area contributed by atoms with E-state index in [4.69, 9.17) is 5.73 Å². The standard InChI is InChI=1S/C20H32N2/c1-20(2)10-6-7-16(12-20)17-8-4-5-9-18(17)19-11-15(13-21)14-22(19)3/h4-5,8-9,15-16,19H,6-7,10-14,21H2,1-3H3. The van der Waals surface area contributed by atoms with Gasteiger partial charge >= 0.3 is 0 Å². The molecular formula is C20H32N2. The van der Waals surface area contributed by atoms with Gasteiger partial charge in [-0.2, -0.15) is 0 Å². The van der Waals surface area contributed by atoms with Crippen LogP contribution in [-0.2, 0) is 0 Å². The molecule has 1 aliphatic heterocycles. The molecule has 2 aliphatic rings. The Labute approximate surface area is 136 Å². The van der Waals surface area contributed by atoms with E-state index in [0.717, 1.165) is 19.0 Å². The van der Waals surface area contributed by atoms with Gasteiger partial charge in [0, 0.05) is 12.6 Å². The van der Waals surface area contributed by atoms with Gasteiger partial charge in [-0.3, -0.25) is 4.90 Å². The van der Waals surface area contributed by atoms with Crippen LogP contribution in [-0.4, -0.2) is 25.0 Å². The summed E-state index contributed by atoms with van der Waals surface area (Å²) >= 11 is 0. The van der Waals surface area contributed by atoms with E-state index in [9.17, 15) is 0 Å². The zero-order valence-electron chi connectivity index (χ0n) is 14.5. The van der Waals surface area contributed by atoms with Gasteiger partial charge in [-0.05, 0) is 67.7 Å². The lowest BCUT2D eigenvalue weighted by Gasteiger charge is -2.37. The Morgan fingerprint density at radius 2 is 1.95 bits per heavy atom. The minimum absolute atomic E-state index is 0.497. The van der Waals surface area contributed by atoms with Crippen LogP contribution in [0, 0.1) is 11.3 Å². The third kappa shape index (κ3) is 3.23. The van der Waals surface area contributed by atoms with Gasteiger partial charge in [0.25, 0.3) is 0 Å². The van der Waals surface area contributed by atoms with Crippen LogP contribution < -0.4 is 5.73 Å². The number of hydrogen-bond acceptors (Lipinski definition) is 2. The van der Waals surface area contributed by atoms with E-state index in [2.05, 4.69) is 50.1 Å². The fourth-order valence-corrected chi connectivity index (χ4v) is 4.79. The molecule has 0 spiro atoms. The van der Waals surface area contributed by atoms with Gasteiger partial charge in [-0.1, -0.05) is 44.5 Å². The summed E-state index contributed by atoms with van der Waals surface area (Å²) in [5.74, 6) is 1.40. The van der Waals surface area contributed by atoms with Crippen molar-refractivity contribution in [3.05, 3.63) is 35.4 Å². The van der Waals surface area contributed by atoms with E-state index in [1.807, 2.05) is 0 Å². The van der Waals surface area contributed by atoms with Crippen LogP contribution in [0.4, 0.5) is 0 Å². The smallest absolute Gasteiger partial charge is 0.0351 e. The van der Waals surface area contributed by atoms with E-state index in [0.29, 0.717) is 17.4 Å². The molecule has 2 heteroatoms. The number of nitrogens with zero attached hydrogens (tertiary/aromatic N) is 1. The first-order valence-corrected chi connectivity index (χ1v) is 8.99. The summed E-state index contributed by atoms with van der Waals surface area (Å²) in [6.45, 7) is 6.84. The summed E-state index contributed by atoms with van der Waals surface area (Å²) in [6, 6.07) is 9.78. The van der Waals surface area contributed by atoms with Crippen LogP contribution in [0.25, 0.3) is 0 Å². The topological polar surface area (TPSA) is 29.3 Å². The van der Waals surface area contributed by atoms with Crippen LogP contribution in [0.2, 0.25) is 0 Å². The average molecular weight is 300 g/mol. The zero-order chi connectivity index (χ0) is 15.7. The minimum Gasteiger partial charge on any atom is -0.330 e. The Kier molecular flexibility index (Phi) is 4.61. The Hall–Kier alpha value is -0.860. The second-order valence-electron chi connectivity index (χ2n) is 8.38. The normalized spacial score (nSPS) is 32.3. The van der Waals surface area contributed by atoms with E-state index < -0.39 is 0 Å². The Balaban J connectivity index is 1.87. The van der Waals surface area contributed by atoms with Crippen molar-refractivity contribution in [2.45, 2.75) is 57.9 Å². The summed E-state index contributed by atoms with van der Waals surface area (Å²) in [5.41, 5.74) is 9.61. The lowest BCUT2D eigenvalue weighted by molar-refractivity contribution is 0.217. The van der Waals surface area contributed by atoms with Crippen molar-refractivity contribution in [1.82, 2.24) is 4.90 Å². The van der Waals surface area contributed by atoms with Crippen molar-refractivity contribution >= 4 is 0 Å². The molecule has 1 saturated carbocycles. The predicted molar refractivity (Wildman–Crippen MR) is 94.0 cm³/mol. The molecule has 0 aromatic heterocycles. The number of benzene rings is 1. The average Bonchev–Trinajstić information content (AvgIpc) is 2.87. The summed E-state index contributed by atoms with van der Waals surface area (Å²) in [5, 5.41) is 0. The number of likely N-dealkylation sites (tertiary alicyclic amines) is 1. The highest BCUT2D eigenvalue weighted by Crippen LogP contribution is 2.46. The summed E-state index contributed by atoms with van der Waals surface area (Å²) in [7, 11) is 2.27. The first-order chi connectivity index (χ1) is 10.5. The summed E-state index contributed by atoms with van der Waals surface area (Å²) < 4.78 is 0. The number of hydrogen-bond donors (Lipinski definition) is 1. The lowest BCUT2D eigenvalue weighted by atomic mass is 9.69. The predicted octanol–water partition coefficient (Wildman–Crippen LogP) is 4.32. The monoisotopic (exact) mass is 300 g/mol. The van der Waals surface area contributed by atoms with Crippen molar-refractivity contribution in [3.8, 4) is 0 Å². The molecule has 1 aromatic carbocycles. The molecule has 1 aliphatic carbocycles. The molecular weight excluding hydrogens is 268 g/mol. The lowest BCUT2D eigenvalue weighted by Crippen LogP contribution is -2.24. The van der Waals surface area contributed by atoms with Crippen LogP contribution in [0.15, 0.2) is 24.3 Å². The molecule has 3 rings (SSSR count). The van der Waals surface area contributed by atoms with Crippen LogP contribution >= 0.6 is 0 Å². The third-order valence-corrected chi connectivity index (χ3v) is 5.97. The van der Waals surface area contributed by atoms with Crippen molar-refractivity contribution in [2.24, 2.45) is 17.1 Å². The molecule has 2 fully saturated rings. The van der Waals surface area contributed by atoms with Crippen LogP contribution in [0.5, 0.6) is 0 Å². The SMILES string of the molecule is CN1CC(CN)CC1c1ccccc1C1CCCC(C)(C)C1. The molecule has 2 N–H and O–H groups in total. The van der Waals surface area contributed by atoms with Crippen molar-refractivity contribution < 1.29 is 0 Å². The van der Waals surface area contributed by atoms with Gasteiger partial charge in [0.15, 0.2) is 0 Å². The Morgan fingerprint density at radius 3 is 2.59 bits per heavy atom. The molecule has 122 valence electrons. The van der Waals surface area contributed by atoms with E-state index in [-0.39, 0.29) is 0 Å². The highest BCUT2D eigenvalue weighted by molar-refractivity contribution is 5.34. The highest BCUT2D eigenvalue weighted by atomic mass is 15.2. The fraction of sp³-hybridized carbons (Fsp3) is 0.700. The van der Waals surface area contributed by atoms with Gasteiger partial charge in [0.2, 0.25) is 0 Å². The maximum atomic E-state index is 5.93. The first kappa shape index (κ1) is 16.0. The van der Waals surface area contributed by atoms with Gasteiger partial charge in [0.1, 0.15) is 0 Å². The maximum Gasteiger partial charge on any atom is 0.0351 e. The Bertz CT molecular complexity index is 508. The van der Waals surface area contributed by atoms with Gasteiger partial charge in [-0.15, -0.1) is 0 Å². The summed E-state index contributed by atoms with van der Waals surface area (Å²) in [6.07, 6.45) is 6.67. The van der Waals surface area contributed by atoms with E-state index in [1.54, 1.807) is 11.1 Å². The van der Waals surface area contributed by atoms with Crippen molar-refractivity contribution in [2.75, 3.05) is 20.1 Å². The molecule has 0 amide bonds. The molecule has 0 bridgehead atoms. The molecule has 1 saturated heterocycles. The maximum absolute atomic E-state index is 5.93. The second kappa shape index (κ2) is 6.33. The molecule has 2 nitrogen and oxygen atoms in total. The number of nitrogens with two attached hydrogens (primary N) is 1. The largest absolute Gasteiger partial charge is 0.330 e. The molecule has 1 aromatic rings. The molecule has 1 heterocycles. The van der Waals surface area contributed by atoms with E-state index in [1.165, 1.54) is 32.1 Å². The van der Waals surface area contributed by atoms with Crippen LogP contribution in [0.1, 0.15) is 69.0 Å². The molecule has 3 unspecified atom stereocenters. The quantitative estimate of drug-likeness (QED) is 0.900. The molecule has 22 heavy (non-hydrogen) atoms. The molecule has 3 atom stereocenters. The molecule has 0 radical (unpaired) electrons. The zero-order valence-corrected chi connectivity index (χ0v) is 14.5. The van der Waals surface area contributed by atoms with Crippen LogP contribution in [0.3, 0.4) is 0 Å². The highest BCUT2D eigenvalue weighted by Gasteiger charge is 2.34. The van der Waals surface area contributed by atoms with Crippen molar-refractivity contribution in [3.63, 3.8) is 0 Å². The Morgan fingerprint density at radius 1 is 1.23 bits per heavy atom. The van der Waals surface area contributed by atoms with Crippen molar-refractivity contribution in [1.29, 1.82) is 0 Å².